The van der Waals surface area contributed by atoms with Gasteiger partial charge in [0.2, 0.25) is 5.91 Å². The summed E-state index contributed by atoms with van der Waals surface area (Å²) < 4.78 is 1.77. The van der Waals surface area contributed by atoms with Crippen molar-refractivity contribution in [2.45, 2.75) is 64.0 Å². The second kappa shape index (κ2) is 5.79. The standard InChI is InChI=1S/C16H26N4O/c1-10(2)16-14(9-20(3)19-16)18-15(21)8-11-6-12-4-5-13(7-11)17-12/h9-13,17H,4-8H2,1-3H3,(H,18,21). The lowest BCUT2D eigenvalue weighted by Crippen LogP contribution is -2.39. The van der Waals surface area contributed by atoms with Crippen LogP contribution in [0.4, 0.5) is 5.69 Å². The molecule has 2 atom stereocenters. The van der Waals surface area contributed by atoms with Gasteiger partial charge in [-0.05, 0) is 37.5 Å². The van der Waals surface area contributed by atoms with E-state index >= 15 is 0 Å². The van der Waals surface area contributed by atoms with Crippen molar-refractivity contribution in [1.29, 1.82) is 0 Å². The van der Waals surface area contributed by atoms with Crippen molar-refractivity contribution in [2.75, 3.05) is 5.32 Å². The zero-order valence-electron chi connectivity index (χ0n) is 13.2. The summed E-state index contributed by atoms with van der Waals surface area (Å²) in [4.78, 5) is 12.3. The number of carbonyl (C=O) groups is 1. The molecular formula is C16H26N4O. The van der Waals surface area contributed by atoms with Gasteiger partial charge in [0.1, 0.15) is 0 Å². The first-order valence-electron chi connectivity index (χ1n) is 8.10. The number of nitrogens with one attached hydrogen (secondary N) is 2. The molecule has 2 aliphatic heterocycles. The molecule has 5 nitrogen and oxygen atoms in total. The molecule has 116 valence electrons. The van der Waals surface area contributed by atoms with Gasteiger partial charge in [-0.1, -0.05) is 13.8 Å². The quantitative estimate of drug-likeness (QED) is 0.895. The van der Waals surface area contributed by atoms with Gasteiger partial charge in [-0.2, -0.15) is 5.10 Å². The van der Waals surface area contributed by atoms with Crippen molar-refractivity contribution >= 4 is 11.6 Å². The Balaban J connectivity index is 1.59. The number of rotatable bonds is 4. The first kappa shape index (κ1) is 14.6. The van der Waals surface area contributed by atoms with Crippen LogP contribution in [-0.2, 0) is 11.8 Å². The molecule has 2 N–H and O–H groups in total. The minimum Gasteiger partial charge on any atom is -0.323 e. The van der Waals surface area contributed by atoms with Gasteiger partial charge in [0, 0.05) is 31.7 Å². The molecule has 21 heavy (non-hydrogen) atoms. The zero-order valence-corrected chi connectivity index (χ0v) is 13.2. The number of aromatic nitrogens is 2. The number of anilines is 1. The average Bonchev–Trinajstić information content (AvgIpc) is 2.92. The topological polar surface area (TPSA) is 59.0 Å². The van der Waals surface area contributed by atoms with Crippen molar-refractivity contribution in [2.24, 2.45) is 13.0 Å². The van der Waals surface area contributed by atoms with Gasteiger partial charge in [0.15, 0.2) is 0 Å². The number of amides is 1. The number of carbonyl (C=O) groups excluding carboxylic acids is 1. The summed E-state index contributed by atoms with van der Waals surface area (Å²) in [5.41, 5.74) is 1.84. The summed E-state index contributed by atoms with van der Waals surface area (Å²) in [6, 6.07) is 1.29. The van der Waals surface area contributed by atoms with Crippen LogP contribution in [0.1, 0.15) is 57.6 Å². The van der Waals surface area contributed by atoms with Crippen molar-refractivity contribution in [3.63, 3.8) is 0 Å². The minimum atomic E-state index is 0.135. The maximum atomic E-state index is 12.3. The molecule has 0 spiro atoms. The Hall–Kier alpha value is -1.36. The molecule has 0 aliphatic carbocycles. The highest BCUT2D eigenvalue weighted by Crippen LogP contribution is 2.33. The summed E-state index contributed by atoms with van der Waals surface area (Å²) in [5.74, 6) is 0.982. The molecule has 3 heterocycles. The minimum absolute atomic E-state index is 0.135. The molecular weight excluding hydrogens is 264 g/mol. The number of piperidine rings is 1. The van der Waals surface area contributed by atoms with Crippen LogP contribution in [0.3, 0.4) is 0 Å². The fourth-order valence-electron chi connectivity index (χ4n) is 3.83. The number of hydrogen-bond acceptors (Lipinski definition) is 3. The van der Waals surface area contributed by atoms with E-state index in [0.29, 0.717) is 30.3 Å². The normalized spacial score (nSPS) is 28.1. The fraction of sp³-hybridized carbons (Fsp3) is 0.750. The molecule has 1 aromatic heterocycles. The summed E-state index contributed by atoms with van der Waals surface area (Å²) in [5, 5.41) is 11.1. The molecule has 2 aliphatic rings. The lowest BCUT2D eigenvalue weighted by atomic mass is 9.89. The lowest BCUT2D eigenvalue weighted by molar-refractivity contribution is -0.117. The van der Waals surface area contributed by atoms with E-state index in [1.54, 1.807) is 4.68 Å². The van der Waals surface area contributed by atoms with Crippen LogP contribution in [0.25, 0.3) is 0 Å². The van der Waals surface area contributed by atoms with Crippen LogP contribution in [0, 0.1) is 5.92 Å². The highest BCUT2D eigenvalue weighted by Gasteiger charge is 2.34. The van der Waals surface area contributed by atoms with E-state index in [9.17, 15) is 4.79 Å². The predicted octanol–water partition coefficient (Wildman–Crippen LogP) is 2.40. The van der Waals surface area contributed by atoms with Crippen molar-refractivity contribution in [3.8, 4) is 0 Å². The Morgan fingerprint density at radius 2 is 2.10 bits per heavy atom. The zero-order chi connectivity index (χ0) is 15.0. The van der Waals surface area contributed by atoms with Gasteiger partial charge in [0.25, 0.3) is 0 Å². The largest absolute Gasteiger partial charge is 0.323 e. The average molecular weight is 290 g/mol. The molecule has 2 fully saturated rings. The third-order valence-electron chi connectivity index (χ3n) is 4.72. The third-order valence-corrected chi connectivity index (χ3v) is 4.72. The molecule has 0 aromatic carbocycles. The van der Waals surface area contributed by atoms with Crippen molar-refractivity contribution in [1.82, 2.24) is 15.1 Å². The summed E-state index contributed by atoms with van der Waals surface area (Å²) in [6.07, 6.45) is 7.40. The summed E-state index contributed by atoms with van der Waals surface area (Å²) in [7, 11) is 1.89. The van der Waals surface area contributed by atoms with Gasteiger partial charge < -0.3 is 10.6 Å². The van der Waals surface area contributed by atoms with Crippen LogP contribution >= 0.6 is 0 Å². The first-order valence-corrected chi connectivity index (χ1v) is 8.10. The van der Waals surface area contributed by atoms with Crippen LogP contribution in [0.15, 0.2) is 6.20 Å². The highest BCUT2D eigenvalue weighted by molar-refractivity contribution is 5.91. The Labute approximate surface area is 126 Å². The number of fused-ring (bicyclic) bond motifs is 2. The van der Waals surface area contributed by atoms with Gasteiger partial charge in [-0.25, -0.2) is 0 Å². The SMILES string of the molecule is CC(C)c1nn(C)cc1NC(=O)CC1CC2CCC(C1)N2. The number of hydrogen-bond donors (Lipinski definition) is 2. The molecule has 0 radical (unpaired) electrons. The maximum Gasteiger partial charge on any atom is 0.224 e. The van der Waals surface area contributed by atoms with Crippen LogP contribution in [-0.4, -0.2) is 27.8 Å². The second-order valence-electron chi connectivity index (χ2n) is 6.98. The second-order valence-corrected chi connectivity index (χ2v) is 6.98. The van der Waals surface area contributed by atoms with E-state index in [4.69, 9.17) is 0 Å². The first-order chi connectivity index (χ1) is 10.0. The Morgan fingerprint density at radius 3 is 2.71 bits per heavy atom. The lowest BCUT2D eigenvalue weighted by Gasteiger charge is -2.28. The van der Waals surface area contributed by atoms with E-state index in [0.717, 1.165) is 24.2 Å². The van der Waals surface area contributed by atoms with E-state index in [1.807, 2.05) is 13.2 Å². The van der Waals surface area contributed by atoms with E-state index in [2.05, 4.69) is 29.6 Å². The molecule has 2 bridgehead atoms. The fourth-order valence-corrected chi connectivity index (χ4v) is 3.83. The number of aryl methyl sites for hydroxylation is 1. The molecule has 1 amide bonds. The van der Waals surface area contributed by atoms with Gasteiger partial charge in [-0.15, -0.1) is 0 Å². The van der Waals surface area contributed by atoms with Gasteiger partial charge in [0.05, 0.1) is 11.4 Å². The maximum absolute atomic E-state index is 12.3. The van der Waals surface area contributed by atoms with E-state index in [1.165, 1.54) is 12.8 Å². The van der Waals surface area contributed by atoms with Gasteiger partial charge in [-0.3, -0.25) is 9.48 Å². The summed E-state index contributed by atoms with van der Waals surface area (Å²) >= 11 is 0. The molecule has 2 saturated heterocycles. The van der Waals surface area contributed by atoms with Crippen molar-refractivity contribution < 1.29 is 4.79 Å². The van der Waals surface area contributed by atoms with E-state index < -0.39 is 0 Å². The van der Waals surface area contributed by atoms with E-state index in [-0.39, 0.29) is 5.91 Å². The van der Waals surface area contributed by atoms with Crippen LogP contribution in [0.2, 0.25) is 0 Å². The van der Waals surface area contributed by atoms with Crippen LogP contribution < -0.4 is 10.6 Å². The summed E-state index contributed by atoms with van der Waals surface area (Å²) in [6.45, 7) is 4.20. The van der Waals surface area contributed by atoms with Gasteiger partial charge >= 0.3 is 0 Å². The van der Waals surface area contributed by atoms with Crippen molar-refractivity contribution in [3.05, 3.63) is 11.9 Å². The predicted molar refractivity (Wildman–Crippen MR) is 83.2 cm³/mol. The number of nitrogens with zero attached hydrogens (tertiary/aromatic N) is 2. The Kier molecular flexibility index (Phi) is 4.02. The highest BCUT2D eigenvalue weighted by atomic mass is 16.1. The Bertz CT molecular complexity index is 510. The smallest absolute Gasteiger partial charge is 0.224 e. The van der Waals surface area contributed by atoms with Crippen LogP contribution in [0.5, 0.6) is 0 Å². The monoisotopic (exact) mass is 290 g/mol. The molecule has 5 heteroatoms. The molecule has 0 saturated carbocycles. The molecule has 1 aromatic rings. The molecule has 3 rings (SSSR count). The molecule has 2 unspecified atom stereocenters. The third kappa shape index (κ3) is 3.28. The Morgan fingerprint density at radius 1 is 1.43 bits per heavy atom.